The quantitative estimate of drug-likeness (QED) is 0.0501. The van der Waals surface area contributed by atoms with Gasteiger partial charge in [0.15, 0.2) is 5.54 Å². The van der Waals surface area contributed by atoms with Gasteiger partial charge in [0, 0.05) is 25.9 Å². The number of carbonyl (C=O) groups excluding carboxylic acids is 8. The van der Waals surface area contributed by atoms with Crippen molar-refractivity contribution in [3.63, 3.8) is 0 Å². The van der Waals surface area contributed by atoms with Crippen molar-refractivity contribution in [3.05, 3.63) is 78.4 Å². The third kappa shape index (κ3) is 20.3. The van der Waals surface area contributed by atoms with Crippen molar-refractivity contribution in [3.8, 4) is 0 Å². The number of rotatable bonds is 21. The normalized spacial score (nSPS) is 16.5. The molecule has 71 heavy (non-hydrogen) atoms. The first-order chi connectivity index (χ1) is 33.0. The molecule has 0 spiro atoms. The zero-order valence-corrected chi connectivity index (χ0v) is 43.6. The van der Waals surface area contributed by atoms with Gasteiger partial charge >= 0.3 is 24.2 Å². The number of esters is 1. The van der Waals surface area contributed by atoms with E-state index in [2.05, 4.69) is 38.5 Å². The maximum atomic E-state index is 14.6. The van der Waals surface area contributed by atoms with Gasteiger partial charge < -0.3 is 55.7 Å². The Morgan fingerprint density at radius 2 is 1.20 bits per heavy atom. The zero-order chi connectivity index (χ0) is 53.3. The second-order valence-corrected chi connectivity index (χ2v) is 21.1. The Bertz CT molecular complexity index is 2170. The summed E-state index contributed by atoms with van der Waals surface area (Å²) >= 11 is 0. The number of amides is 7. The number of methoxy groups -OCH3 is 1. The lowest BCUT2D eigenvalue weighted by Gasteiger charge is -2.31. The number of nitrogens with zero attached hydrogens (tertiary/aromatic N) is 1. The lowest BCUT2D eigenvalue weighted by atomic mass is 9.96. The van der Waals surface area contributed by atoms with Gasteiger partial charge in [-0.05, 0) is 111 Å². The first-order valence-electron chi connectivity index (χ1n) is 24.1. The zero-order valence-electron chi connectivity index (χ0n) is 43.6. The van der Waals surface area contributed by atoms with E-state index in [0.717, 1.165) is 7.11 Å². The number of alkyl carbamates (subject to hydrolysis) is 3. The molecule has 392 valence electrons. The molecule has 6 N–H and O–H groups in total. The van der Waals surface area contributed by atoms with Crippen molar-refractivity contribution in [2.24, 2.45) is 5.92 Å². The standard InChI is InChI=1S/C52H77N7O12/c1-33(2)30-38(55-43(62)40(34(3)36-24-18-15-19-25-36)57-42(61)39(31-35-22-16-14-17-23-35)56-47(66)70-50(7,8)9)41(60)54-37(26-20-21-28-53-46(65)69-49(4,5)6)44(63)59-29-27-52(32-59,45(64)68-13)58-48(67)71-51(10,11)12/h14-19,22-25,33,37-40H,3,20-21,26-32H2,1-2,4-13H3,(H,53,65)(H,54,60)(H,55,62)(H,56,66)(H,57,61)(H,58,67)/t37-,38-,39-,40-,52?/m1/s1. The number of carbonyl (C=O) groups is 8. The highest BCUT2D eigenvalue weighted by molar-refractivity contribution is 6.02. The number of hydrogen-bond donors (Lipinski definition) is 6. The first kappa shape index (κ1) is 58.7. The summed E-state index contributed by atoms with van der Waals surface area (Å²) in [4.78, 5) is 111. The minimum absolute atomic E-state index is 0.000510. The Kier molecular flexibility index (Phi) is 21.5. The highest BCUT2D eigenvalue weighted by atomic mass is 16.6. The van der Waals surface area contributed by atoms with Crippen LogP contribution in [0.25, 0.3) is 5.57 Å². The molecule has 1 aliphatic heterocycles. The average molecular weight is 992 g/mol. The summed E-state index contributed by atoms with van der Waals surface area (Å²) in [7, 11) is 1.16. The third-order valence-electron chi connectivity index (χ3n) is 10.8. The van der Waals surface area contributed by atoms with Crippen LogP contribution in [0.1, 0.15) is 119 Å². The van der Waals surface area contributed by atoms with Crippen molar-refractivity contribution in [1.82, 2.24) is 36.8 Å². The summed E-state index contributed by atoms with van der Waals surface area (Å²) in [5, 5.41) is 16.4. The minimum Gasteiger partial charge on any atom is -0.467 e. The van der Waals surface area contributed by atoms with Crippen LogP contribution in [-0.2, 0) is 49.3 Å². The number of ether oxygens (including phenoxy) is 4. The summed E-state index contributed by atoms with van der Waals surface area (Å²) in [6, 6.07) is 12.5. The molecule has 2 aromatic rings. The van der Waals surface area contributed by atoms with E-state index in [1.165, 1.54) is 4.90 Å². The number of unbranched alkanes of at least 4 members (excludes halogenated alkanes) is 1. The Morgan fingerprint density at radius 1 is 0.662 bits per heavy atom. The number of nitrogens with one attached hydrogen (secondary N) is 6. The molecule has 0 aliphatic carbocycles. The van der Waals surface area contributed by atoms with Crippen LogP contribution in [0.2, 0.25) is 0 Å². The number of likely N-dealkylation sites (tertiary alicyclic amines) is 1. The van der Waals surface area contributed by atoms with Crippen molar-refractivity contribution in [2.45, 2.75) is 161 Å². The second kappa shape index (κ2) is 26.0. The highest BCUT2D eigenvalue weighted by Gasteiger charge is 2.50. The minimum atomic E-state index is -1.66. The van der Waals surface area contributed by atoms with Gasteiger partial charge in [-0.2, -0.15) is 0 Å². The van der Waals surface area contributed by atoms with Crippen LogP contribution in [0.15, 0.2) is 67.2 Å². The molecule has 0 aromatic heterocycles. The molecule has 19 nitrogen and oxygen atoms in total. The van der Waals surface area contributed by atoms with Crippen LogP contribution in [0.5, 0.6) is 0 Å². The van der Waals surface area contributed by atoms with E-state index in [1.807, 2.05) is 19.9 Å². The van der Waals surface area contributed by atoms with Gasteiger partial charge in [-0.1, -0.05) is 81.1 Å². The van der Waals surface area contributed by atoms with Gasteiger partial charge in [0.25, 0.3) is 0 Å². The monoisotopic (exact) mass is 992 g/mol. The first-order valence-corrected chi connectivity index (χ1v) is 24.1. The maximum Gasteiger partial charge on any atom is 0.408 e. The van der Waals surface area contributed by atoms with E-state index >= 15 is 0 Å². The van der Waals surface area contributed by atoms with Crippen LogP contribution in [0.3, 0.4) is 0 Å². The molecule has 1 heterocycles. The van der Waals surface area contributed by atoms with E-state index in [4.69, 9.17) is 18.9 Å². The van der Waals surface area contributed by atoms with E-state index in [9.17, 15) is 38.4 Å². The fraction of sp³-hybridized carbons (Fsp3) is 0.577. The Hall–Kier alpha value is -6.66. The SMILES string of the molecule is C=C(c1ccccc1)[C@@H](NC(=O)[C@@H](Cc1ccccc1)NC(=O)OC(C)(C)C)C(=O)N[C@H](CC(C)C)C(=O)N[C@H](CCCCNC(=O)OC(C)(C)C)C(=O)N1CCC(NC(=O)OC(C)(C)C)(C(=O)OC)C1. The Labute approximate surface area is 418 Å². The van der Waals surface area contributed by atoms with Gasteiger partial charge in [-0.25, -0.2) is 19.2 Å². The molecule has 1 aliphatic rings. The van der Waals surface area contributed by atoms with E-state index in [-0.39, 0.29) is 56.8 Å². The fourth-order valence-electron chi connectivity index (χ4n) is 7.58. The molecule has 19 heteroatoms. The molecular formula is C52H77N7O12. The van der Waals surface area contributed by atoms with Crippen LogP contribution >= 0.6 is 0 Å². The van der Waals surface area contributed by atoms with Gasteiger partial charge in [-0.15, -0.1) is 0 Å². The predicted molar refractivity (Wildman–Crippen MR) is 267 cm³/mol. The van der Waals surface area contributed by atoms with Crippen LogP contribution in [0.4, 0.5) is 14.4 Å². The lowest BCUT2D eigenvalue weighted by molar-refractivity contribution is -0.148. The van der Waals surface area contributed by atoms with E-state index in [0.29, 0.717) is 24.0 Å². The Balaban J connectivity index is 1.97. The van der Waals surface area contributed by atoms with Crippen molar-refractivity contribution >= 4 is 53.5 Å². The molecule has 7 amide bonds. The largest absolute Gasteiger partial charge is 0.467 e. The van der Waals surface area contributed by atoms with Crippen molar-refractivity contribution in [2.75, 3.05) is 26.7 Å². The molecule has 3 rings (SSSR count). The predicted octanol–water partition coefficient (Wildman–Crippen LogP) is 5.70. The summed E-state index contributed by atoms with van der Waals surface area (Å²) in [6.45, 7) is 23.0. The number of hydrogen-bond acceptors (Lipinski definition) is 12. The Morgan fingerprint density at radius 3 is 1.76 bits per heavy atom. The van der Waals surface area contributed by atoms with Crippen molar-refractivity contribution in [1.29, 1.82) is 0 Å². The summed E-state index contributed by atoms with van der Waals surface area (Å²) in [5.74, 6) is -3.78. The topological polar surface area (TPSA) is 249 Å². The van der Waals surface area contributed by atoms with Gasteiger partial charge in [0.2, 0.25) is 23.6 Å². The summed E-state index contributed by atoms with van der Waals surface area (Å²) < 4.78 is 21.3. The maximum absolute atomic E-state index is 14.6. The summed E-state index contributed by atoms with van der Waals surface area (Å²) in [6.07, 6.45) is -1.45. The molecule has 0 radical (unpaired) electrons. The van der Waals surface area contributed by atoms with Gasteiger partial charge in [0.1, 0.15) is 41.0 Å². The molecule has 0 bridgehead atoms. The summed E-state index contributed by atoms with van der Waals surface area (Å²) in [5.41, 5.74) is -2.73. The number of benzene rings is 2. The lowest BCUT2D eigenvalue weighted by Crippen LogP contribution is -2.60. The van der Waals surface area contributed by atoms with E-state index < -0.39 is 94.4 Å². The average Bonchev–Trinajstić information content (AvgIpc) is 3.69. The molecule has 0 saturated carbocycles. The molecule has 1 unspecified atom stereocenters. The smallest absolute Gasteiger partial charge is 0.408 e. The molecule has 2 aromatic carbocycles. The van der Waals surface area contributed by atoms with E-state index in [1.54, 1.807) is 117 Å². The third-order valence-corrected chi connectivity index (χ3v) is 10.8. The van der Waals surface area contributed by atoms with Crippen LogP contribution < -0.4 is 31.9 Å². The van der Waals surface area contributed by atoms with Crippen LogP contribution in [-0.4, -0.2) is 126 Å². The van der Waals surface area contributed by atoms with Gasteiger partial charge in [-0.3, -0.25) is 19.2 Å². The van der Waals surface area contributed by atoms with Gasteiger partial charge in [0.05, 0.1) is 13.7 Å². The highest BCUT2D eigenvalue weighted by Crippen LogP contribution is 2.26. The molecule has 1 saturated heterocycles. The molecular weight excluding hydrogens is 915 g/mol. The molecule has 5 atom stereocenters. The van der Waals surface area contributed by atoms with Crippen molar-refractivity contribution < 1.29 is 57.3 Å². The second-order valence-electron chi connectivity index (χ2n) is 21.1. The fourth-order valence-corrected chi connectivity index (χ4v) is 7.58. The van der Waals surface area contributed by atoms with Crippen LogP contribution in [0, 0.1) is 5.92 Å². The molecule has 1 fully saturated rings.